The molecule has 0 spiro atoms. The maximum atomic E-state index is 13.5. The third-order valence-corrected chi connectivity index (χ3v) is 4.39. The lowest BCUT2D eigenvalue weighted by Gasteiger charge is -2.33. The number of halogens is 3. The lowest BCUT2D eigenvalue weighted by Crippen LogP contribution is -2.50. The molecule has 2 atom stereocenters. The predicted octanol–water partition coefficient (Wildman–Crippen LogP) is 2.48. The van der Waals surface area contributed by atoms with Crippen LogP contribution in [0.5, 0.6) is 0 Å². The number of rotatable bonds is 4. The van der Waals surface area contributed by atoms with Crippen LogP contribution in [0.1, 0.15) is 35.2 Å². The van der Waals surface area contributed by atoms with E-state index in [2.05, 4.69) is 15.7 Å². The van der Waals surface area contributed by atoms with Gasteiger partial charge in [-0.3, -0.25) is 9.48 Å². The summed E-state index contributed by atoms with van der Waals surface area (Å²) in [6.45, 7) is 3.98. The Morgan fingerprint density at radius 2 is 2.20 bits per heavy atom. The van der Waals surface area contributed by atoms with E-state index in [1.807, 2.05) is 6.92 Å². The molecule has 25 heavy (non-hydrogen) atoms. The topological polar surface area (TPSA) is 59.0 Å². The van der Waals surface area contributed by atoms with Crippen LogP contribution >= 0.6 is 12.4 Å². The average Bonchev–Trinajstić information content (AvgIpc) is 3.07. The average molecular weight is 371 g/mol. The van der Waals surface area contributed by atoms with E-state index in [1.165, 1.54) is 12.3 Å². The van der Waals surface area contributed by atoms with Gasteiger partial charge in [-0.15, -0.1) is 12.4 Å². The van der Waals surface area contributed by atoms with Crippen LogP contribution in [0.2, 0.25) is 0 Å². The van der Waals surface area contributed by atoms with Crippen molar-refractivity contribution in [2.45, 2.75) is 31.8 Å². The monoisotopic (exact) mass is 370 g/mol. The van der Waals surface area contributed by atoms with Gasteiger partial charge in [-0.25, -0.2) is 8.78 Å². The van der Waals surface area contributed by atoms with Gasteiger partial charge in [-0.05, 0) is 37.6 Å². The molecule has 1 amide bonds. The van der Waals surface area contributed by atoms with Crippen molar-refractivity contribution in [1.82, 2.24) is 20.4 Å². The number of aromatic nitrogens is 2. The predicted molar refractivity (Wildman–Crippen MR) is 93.0 cm³/mol. The van der Waals surface area contributed by atoms with Gasteiger partial charge in [0.05, 0.1) is 11.8 Å². The highest BCUT2D eigenvalue weighted by molar-refractivity contribution is 5.94. The quantitative estimate of drug-likeness (QED) is 0.869. The number of hydrogen-bond acceptors (Lipinski definition) is 3. The van der Waals surface area contributed by atoms with Gasteiger partial charge in [0.1, 0.15) is 0 Å². The molecule has 2 heterocycles. The van der Waals surface area contributed by atoms with Gasteiger partial charge in [0, 0.05) is 31.2 Å². The van der Waals surface area contributed by atoms with Gasteiger partial charge >= 0.3 is 0 Å². The van der Waals surface area contributed by atoms with E-state index in [9.17, 15) is 13.6 Å². The Hall–Kier alpha value is -1.99. The fourth-order valence-electron chi connectivity index (χ4n) is 3.06. The molecule has 8 heteroatoms. The van der Waals surface area contributed by atoms with E-state index in [0.717, 1.165) is 19.0 Å². The minimum atomic E-state index is -0.861. The molecular formula is C17H21ClF2N4O. The third-order valence-electron chi connectivity index (χ3n) is 4.39. The van der Waals surface area contributed by atoms with Crippen molar-refractivity contribution in [1.29, 1.82) is 0 Å². The maximum absolute atomic E-state index is 13.5. The smallest absolute Gasteiger partial charge is 0.254 e. The van der Waals surface area contributed by atoms with E-state index >= 15 is 0 Å². The second-order valence-corrected chi connectivity index (χ2v) is 5.94. The zero-order chi connectivity index (χ0) is 17.1. The fourth-order valence-corrected chi connectivity index (χ4v) is 3.06. The minimum absolute atomic E-state index is 0. The summed E-state index contributed by atoms with van der Waals surface area (Å²) >= 11 is 0. The highest BCUT2D eigenvalue weighted by Gasteiger charge is 2.28. The molecule has 1 aliphatic heterocycles. The molecule has 2 N–H and O–H groups in total. The number of nitrogens with zero attached hydrogens (tertiary/aromatic N) is 2. The molecule has 1 fully saturated rings. The van der Waals surface area contributed by atoms with Gasteiger partial charge in [-0.1, -0.05) is 6.07 Å². The normalized spacial score (nSPS) is 20.0. The van der Waals surface area contributed by atoms with Crippen LogP contribution in [-0.4, -0.2) is 34.8 Å². The summed E-state index contributed by atoms with van der Waals surface area (Å²) in [6, 6.07) is 3.75. The fraction of sp³-hybridized carbons (Fsp3) is 0.412. The summed E-state index contributed by atoms with van der Waals surface area (Å²) in [5.74, 6) is -2.00. The highest BCUT2D eigenvalue weighted by Crippen LogP contribution is 2.27. The first-order valence-corrected chi connectivity index (χ1v) is 8.07. The molecule has 1 aromatic heterocycles. The van der Waals surface area contributed by atoms with Gasteiger partial charge in [0.15, 0.2) is 11.6 Å². The Bertz CT molecular complexity index is 737. The van der Waals surface area contributed by atoms with E-state index in [-0.39, 0.29) is 30.3 Å². The number of benzene rings is 1. The number of amides is 1. The molecule has 0 aliphatic carbocycles. The Morgan fingerprint density at radius 1 is 1.40 bits per heavy atom. The number of piperidine rings is 1. The lowest BCUT2D eigenvalue weighted by molar-refractivity contribution is 0.0924. The maximum Gasteiger partial charge on any atom is 0.254 e. The van der Waals surface area contributed by atoms with Crippen molar-refractivity contribution >= 4 is 18.3 Å². The summed E-state index contributed by atoms with van der Waals surface area (Å²) < 4.78 is 28.4. The molecule has 2 unspecified atom stereocenters. The van der Waals surface area contributed by atoms with Crippen LogP contribution in [0.4, 0.5) is 8.78 Å². The van der Waals surface area contributed by atoms with Crippen molar-refractivity contribution < 1.29 is 13.6 Å². The minimum Gasteiger partial charge on any atom is -0.347 e. The van der Waals surface area contributed by atoms with Crippen molar-refractivity contribution in [3.63, 3.8) is 0 Å². The van der Waals surface area contributed by atoms with Crippen molar-refractivity contribution in [2.24, 2.45) is 0 Å². The van der Waals surface area contributed by atoms with Gasteiger partial charge in [0.25, 0.3) is 5.91 Å². The zero-order valence-corrected chi connectivity index (χ0v) is 14.7. The third kappa shape index (κ3) is 4.35. The number of carbonyl (C=O) groups excluding carboxylic acids is 1. The van der Waals surface area contributed by atoms with Gasteiger partial charge < -0.3 is 10.6 Å². The van der Waals surface area contributed by atoms with Crippen LogP contribution in [0.25, 0.3) is 0 Å². The van der Waals surface area contributed by atoms with Crippen LogP contribution in [0.15, 0.2) is 30.6 Å². The van der Waals surface area contributed by atoms with Gasteiger partial charge in [-0.2, -0.15) is 5.10 Å². The first kappa shape index (κ1) is 19.3. The summed E-state index contributed by atoms with van der Waals surface area (Å²) in [4.78, 5) is 12.4. The van der Waals surface area contributed by atoms with E-state index < -0.39 is 11.6 Å². The number of hydrogen-bond donors (Lipinski definition) is 2. The molecule has 1 aliphatic rings. The SMILES string of the molecule is CCn1cc(C(=O)NC2CNCCC2c2ccc(F)c(F)c2)cn1.Cl. The second kappa shape index (κ2) is 8.40. The Morgan fingerprint density at radius 3 is 2.88 bits per heavy atom. The summed E-state index contributed by atoms with van der Waals surface area (Å²) in [7, 11) is 0. The largest absolute Gasteiger partial charge is 0.347 e. The molecule has 5 nitrogen and oxygen atoms in total. The first-order chi connectivity index (χ1) is 11.6. The molecule has 0 saturated carbocycles. The molecule has 136 valence electrons. The molecule has 0 radical (unpaired) electrons. The standard InChI is InChI=1S/C17H20F2N4O.ClH/c1-2-23-10-12(8-21-23)17(24)22-16-9-20-6-5-13(16)11-3-4-14(18)15(19)7-11;/h3-4,7-8,10,13,16,20H,2,5-6,9H2,1H3,(H,22,24);1H. The number of aryl methyl sites for hydroxylation is 1. The number of nitrogens with one attached hydrogen (secondary N) is 2. The Labute approximate surface area is 151 Å². The molecular weight excluding hydrogens is 350 g/mol. The van der Waals surface area contributed by atoms with Crippen LogP contribution in [0, 0.1) is 11.6 Å². The summed E-state index contributed by atoms with van der Waals surface area (Å²) in [6.07, 6.45) is 3.96. The van der Waals surface area contributed by atoms with Gasteiger partial charge in [0.2, 0.25) is 0 Å². The van der Waals surface area contributed by atoms with Crippen molar-refractivity contribution in [2.75, 3.05) is 13.1 Å². The van der Waals surface area contributed by atoms with Crippen LogP contribution < -0.4 is 10.6 Å². The summed E-state index contributed by atoms with van der Waals surface area (Å²) in [5.41, 5.74) is 1.19. The molecule has 1 aromatic carbocycles. The number of carbonyl (C=O) groups is 1. The Balaban J connectivity index is 0.00000225. The van der Waals surface area contributed by atoms with E-state index in [1.54, 1.807) is 16.9 Å². The van der Waals surface area contributed by atoms with E-state index in [4.69, 9.17) is 0 Å². The molecule has 3 rings (SSSR count). The second-order valence-electron chi connectivity index (χ2n) is 5.94. The molecule has 0 bridgehead atoms. The summed E-state index contributed by atoms with van der Waals surface area (Å²) in [5, 5.41) is 10.3. The van der Waals surface area contributed by atoms with Crippen LogP contribution in [0.3, 0.4) is 0 Å². The van der Waals surface area contributed by atoms with Crippen LogP contribution in [-0.2, 0) is 6.54 Å². The lowest BCUT2D eigenvalue weighted by atomic mass is 9.86. The Kier molecular flexibility index (Phi) is 6.50. The van der Waals surface area contributed by atoms with E-state index in [0.29, 0.717) is 24.2 Å². The highest BCUT2D eigenvalue weighted by atomic mass is 35.5. The van der Waals surface area contributed by atoms with Crippen molar-refractivity contribution in [3.05, 3.63) is 53.4 Å². The first-order valence-electron chi connectivity index (χ1n) is 8.07. The zero-order valence-electron chi connectivity index (χ0n) is 13.8. The van der Waals surface area contributed by atoms with Crippen molar-refractivity contribution in [3.8, 4) is 0 Å². The molecule has 1 saturated heterocycles. The molecule has 2 aromatic rings.